The first-order valence-electron chi connectivity index (χ1n) is 4.37. The molecule has 65 valence electrons. The molecule has 1 aliphatic rings. The van der Waals surface area contributed by atoms with Crippen molar-refractivity contribution in [3.8, 4) is 0 Å². The molecule has 0 saturated carbocycles. The standard InChI is InChI=1S/C12H10Cl/c13-12-8-4-7-11(9-12)10-5-2-1-3-6-10/h1-6,9,11H,7H2. The van der Waals surface area contributed by atoms with E-state index in [1.54, 1.807) is 0 Å². The van der Waals surface area contributed by atoms with Gasteiger partial charge in [0.1, 0.15) is 0 Å². The van der Waals surface area contributed by atoms with Gasteiger partial charge in [-0.3, -0.25) is 0 Å². The fourth-order valence-electron chi connectivity index (χ4n) is 1.51. The molecule has 0 bridgehead atoms. The second kappa shape index (κ2) is 3.80. The van der Waals surface area contributed by atoms with Gasteiger partial charge in [0.2, 0.25) is 0 Å². The first kappa shape index (κ1) is 8.58. The number of hydrogen-bond donors (Lipinski definition) is 0. The molecule has 13 heavy (non-hydrogen) atoms. The summed E-state index contributed by atoms with van der Waals surface area (Å²) in [5, 5.41) is 0.722. The molecule has 1 atom stereocenters. The summed E-state index contributed by atoms with van der Waals surface area (Å²) in [5.74, 6) is 0.426. The van der Waals surface area contributed by atoms with Gasteiger partial charge in [-0.25, -0.2) is 0 Å². The van der Waals surface area contributed by atoms with Crippen molar-refractivity contribution in [2.75, 3.05) is 0 Å². The lowest BCUT2D eigenvalue weighted by molar-refractivity contribution is 0.847. The van der Waals surface area contributed by atoms with Crippen LogP contribution in [0.15, 0.2) is 47.5 Å². The number of hydrogen-bond acceptors (Lipinski definition) is 0. The van der Waals surface area contributed by atoms with Crippen molar-refractivity contribution >= 4 is 11.6 Å². The van der Waals surface area contributed by atoms with Gasteiger partial charge in [0, 0.05) is 11.0 Å². The van der Waals surface area contributed by atoms with Gasteiger partial charge in [0.25, 0.3) is 0 Å². The van der Waals surface area contributed by atoms with E-state index in [1.165, 1.54) is 5.56 Å². The molecule has 1 aromatic rings. The normalized spacial score (nSPS) is 21.3. The van der Waals surface area contributed by atoms with E-state index in [2.05, 4.69) is 36.4 Å². The Kier molecular flexibility index (Phi) is 2.51. The van der Waals surface area contributed by atoms with Gasteiger partial charge in [0.15, 0.2) is 0 Å². The first-order valence-corrected chi connectivity index (χ1v) is 4.74. The molecule has 0 N–H and O–H groups in total. The summed E-state index contributed by atoms with van der Waals surface area (Å²) in [6.07, 6.45) is 8.04. The summed E-state index contributed by atoms with van der Waals surface area (Å²) in [7, 11) is 0. The second-order valence-electron chi connectivity index (χ2n) is 3.12. The molecule has 0 spiro atoms. The van der Waals surface area contributed by atoms with Crippen LogP contribution in [-0.4, -0.2) is 0 Å². The van der Waals surface area contributed by atoms with E-state index in [1.807, 2.05) is 12.1 Å². The average molecular weight is 190 g/mol. The van der Waals surface area contributed by atoms with E-state index >= 15 is 0 Å². The molecular formula is C12H10Cl. The molecule has 1 radical (unpaired) electrons. The highest BCUT2D eigenvalue weighted by molar-refractivity contribution is 6.30. The van der Waals surface area contributed by atoms with Gasteiger partial charge in [-0.05, 0) is 18.1 Å². The van der Waals surface area contributed by atoms with Gasteiger partial charge < -0.3 is 0 Å². The molecular weight excluding hydrogens is 180 g/mol. The molecule has 1 aromatic carbocycles. The van der Waals surface area contributed by atoms with E-state index in [-0.39, 0.29) is 0 Å². The Morgan fingerprint density at radius 3 is 2.69 bits per heavy atom. The van der Waals surface area contributed by atoms with Crippen LogP contribution >= 0.6 is 11.6 Å². The molecule has 0 aromatic heterocycles. The molecule has 0 fully saturated rings. The van der Waals surface area contributed by atoms with Crippen molar-refractivity contribution in [1.29, 1.82) is 0 Å². The highest BCUT2D eigenvalue weighted by Crippen LogP contribution is 2.27. The van der Waals surface area contributed by atoms with Crippen molar-refractivity contribution in [3.05, 3.63) is 59.2 Å². The Morgan fingerprint density at radius 2 is 2.00 bits per heavy atom. The van der Waals surface area contributed by atoms with Crippen molar-refractivity contribution in [1.82, 2.24) is 0 Å². The van der Waals surface area contributed by atoms with Gasteiger partial charge in [-0.2, -0.15) is 0 Å². The van der Waals surface area contributed by atoms with Crippen LogP contribution in [0.5, 0.6) is 0 Å². The summed E-state index contributed by atoms with van der Waals surface area (Å²) in [6.45, 7) is 0. The van der Waals surface area contributed by atoms with E-state index in [4.69, 9.17) is 11.6 Å². The van der Waals surface area contributed by atoms with Crippen LogP contribution in [0.3, 0.4) is 0 Å². The Labute approximate surface area is 83.5 Å². The third-order valence-electron chi connectivity index (χ3n) is 2.19. The second-order valence-corrected chi connectivity index (χ2v) is 3.52. The largest absolute Gasteiger partial charge is 0.0840 e. The van der Waals surface area contributed by atoms with E-state index in [0.29, 0.717) is 5.92 Å². The Bertz CT molecular complexity index is 335. The van der Waals surface area contributed by atoms with Crippen LogP contribution in [0, 0.1) is 6.08 Å². The number of rotatable bonds is 1. The predicted octanol–water partition coefficient (Wildman–Crippen LogP) is 3.66. The van der Waals surface area contributed by atoms with Crippen LogP contribution < -0.4 is 0 Å². The van der Waals surface area contributed by atoms with Crippen molar-refractivity contribution < 1.29 is 0 Å². The quantitative estimate of drug-likeness (QED) is 0.633. The Balaban J connectivity index is 2.24. The average Bonchev–Trinajstić information content (AvgIpc) is 2.19. The molecule has 1 heteroatoms. The maximum Gasteiger partial charge on any atom is 0.0448 e. The molecule has 1 aliphatic carbocycles. The third-order valence-corrected chi connectivity index (χ3v) is 2.42. The SMILES string of the molecule is ClC1=CC(c2ccccc2)CC=[C]1. The van der Waals surface area contributed by atoms with Gasteiger partial charge in [0.05, 0.1) is 0 Å². The van der Waals surface area contributed by atoms with Crippen LogP contribution in [0.25, 0.3) is 0 Å². The zero-order valence-electron chi connectivity index (χ0n) is 7.20. The highest BCUT2D eigenvalue weighted by atomic mass is 35.5. The minimum atomic E-state index is 0.426. The summed E-state index contributed by atoms with van der Waals surface area (Å²) >= 11 is 5.88. The lowest BCUT2D eigenvalue weighted by Crippen LogP contribution is -1.97. The molecule has 0 amide bonds. The van der Waals surface area contributed by atoms with Crippen molar-refractivity contribution in [2.45, 2.75) is 12.3 Å². The van der Waals surface area contributed by atoms with Gasteiger partial charge >= 0.3 is 0 Å². The maximum atomic E-state index is 5.88. The van der Waals surface area contributed by atoms with Crippen molar-refractivity contribution in [3.63, 3.8) is 0 Å². The lowest BCUT2D eigenvalue weighted by atomic mass is 9.93. The molecule has 1 unspecified atom stereocenters. The van der Waals surface area contributed by atoms with E-state index in [0.717, 1.165) is 11.5 Å². The molecule has 0 nitrogen and oxygen atoms in total. The summed E-state index contributed by atoms with van der Waals surface area (Å²) in [5.41, 5.74) is 1.32. The van der Waals surface area contributed by atoms with Gasteiger partial charge in [-0.15, -0.1) is 0 Å². The lowest BCUT2D eigenvalue weighted by Gasteiger charge is -2.13. The predicted molar refractivity (Wildman–Crippen MR) is 55.5 cm³/mol. The fraction of sp³-hybridized carbons (Fsp3) is 0.167. The Hall–Kier alpha value is -1.01. The van der Waals surface area contributed by atoms with Gasteiger partial charge in [-0.1, -0.05) is 54.1 Å². The number of halogens is 1. The minimum absolute atomic E-state index is 0.426. The smallest absolute Gasteiger partial charge is 0.0448 e. The Morgan fingerprint density at radius 1 is 1.23 bits per heavy atom. The van der Waals surface area contributed by atoms with Crippen molar-refractivity contribution in [2.24, 2.45) is 0 Å². The monoisotopic (exact) mass is 189 g/mol. The summed E-state index contributed by atoms with van der Waals surface area (Å²) < 4.78 is 0. The van der Waals surface area contributed by atoms with Crippen LogP contribution in [-0.2, 0) is 0 Å². The zero-order valence-corrected chi connectivity index (χ0v) is 7.96. The minimum Gasteiger partial charge on any atom is -0.0840 e. The molecule has 0 aliphatic heterocycles. The third kappa shape index (κ3) is 2.02. The van der Waals surface area contributed by atoms with Crippen LogP contribution in [0.4, 0.5) is 0 Å². The van der Waals surface area contributed by atoms with Crippen LogP contribution in [0.2, 0.25) is 0 Å². The molecule has 0 saturated heterocycles. The maximum absolute atomic E-state index is 5.88. The summed E-state index contributed by atoms with van der Waals surface area (Å²) in [6, 6.07) is 10.4. The topological polar surface area (TPSA) is 0 Å². The highest BCUT2D eigenvalue weighted by Gasteiger charge is 2.09. The zero-order chi connectivity index (χ0) is 9.10. The van der Waals surface area contributed by atoms with Crippen LogP contribution in [0.1, 0.15) is 17.9 Å². The number of benzene rings is 1. The number of allylic oxidation sites excluding steroid dienone is 4. The van der Waals surface area contributed by atoms with E-state index in [9.17, 15) is 0 Å². The summed E-state index contributed by atoms with van der Waals surface area (Å²) in [4.78, 5) is 0. The molecule has 0 heterocycles. The fourth-order valence-corrected chi connectivity index (χ4v) is 1.74. The first-order chi connectivity index (χ1) is 6.36. The molecule has 2 rings (SSSR count). The van der Waals surface area contributed by atoms with E-state index < -0.39 is 0 Å².